The summed E-state index contributed by atoms with van der Waals surface area (Å²) >= 11 is 1.88. The maximum absolute atomic E-state index is 5.64. The number of para-hydroxylation sites is 2. The number of thioether (sulfide) groups is 1. The Morgan fingerprint density at radius 3 is 2.95 bits per heavy atom. The number of rotatable bonds is 1. The van der Waals surface area contributed by atoms with Gasteiger partial charge in [0.05, 0.1) is 11.4 Å². The average molecular weight is 297 g/mol. The molecule has 106 valence electrons. The molecular weight excluding hydrogens is 282 g/mol. The summed E-state index contributed by atoms with van der Waals surface area (Å²) in [7, 11) is 0. The van der Waals surface area contributed by atoms with Crippen molar-refractivity contribution in [1.29, 1.82) is 0 Å². The number of fused-ring (bicyclic) bond motifs is 2. The first-order valence-corrected chi connectivity index (χ1v) is 7.91. The van der Waals surface area contributed by atoms with Gasteiger partial charge in [-0.15, -0.1) is 11.8 Å². The Kier molecular flexibility index (Phi) is 3.11. The van der Waals surface area contributed by atoms with Crippen LogP contribution in [0.1, 0.15) is 18.9 Å². The van der Waals surface area contributed by atoms with Gasteiger partial charge in [0.2, 0.25) is 6.79 Å². The van der Waals surface area contributed by atoms with E-state index in [0.717, 1.165) is 34.9 Å². The lowest BCUT2D eigenvalue weighted by atomic mass is 10.0. The van der Waals surface area contributed by atoms with E-state index in [1.165, 1.54) is 4.90 Å². The van der Waals surface area contributed by atoms with Gasteiger partial charge in [0.1, 0.15) is 0 Å². The molecule has 0 radical (unpaired) electrons. The van der Waals surface area contributed by atoms with E-state index in [-0.39, 0.29) is 0 Å². The molecule has 2 aliphatic rings. The van der Waals surface area contributed by atoms with Gasteiger partial charge >= 0.3 is 0 Å². The normalized spacial score (nSPS) is 19.7. The van der Waals surface area contributed by atoms with Gasteiger partial charge in [-0.25, -0.2) is 0 Å². The highest BCUT2D eigenvalue weighted by Gasteiger charge is 2.24. The predicted octanol–water partition coefficient (Wildman–Crippen LogP) is 4.42. The van der Waals surface area contributed by atoms with Gasteiger partial charge in [0.25, 0.3) is 0 Å². The number of aliphatic imine (C=N–C) groups is 1. The van der Waals surface area contributed by atoms with Crippen molar-refractivity contribution in [2.75, 3.05) is 6.79 Å². The molecule has 0 aromatic heterocycles. The Balaban J connectivity index is 1.85. The van der Waals surface area contributed by atoms with Crippen molar-refractivity contribution in [3.05, 3.63) is 48.0 Å². The van der Waals surface area contributed by atoms with Gasteiger partial charge in [0.15, 0.2) is 11.5 Å². The minimum absolute atomic E-state index is 0.292. The maximum Gasteiger partial charge on any atom is 0.231 e. The van der Waals surface area contributed by atoms with E-state index in [1.54, 1.807) is 0 Å². The van der Waals surface area contributed by atoms with Crippen LogP contribution in [-0.4, -0.2) is 17.8 Å². The maximum atomic E-state index is 5.64. The van der Waals surface area contributed by atoms with E-state index >= 15 is 0 Å². The minimum atomic E-state index is 0.292. The van der Waals surface area contributed by atoms with Crippen molar-refractivity contribution in [2.24, 2.45) is 4.99 Å². The van der Waals surface area contributed by atoms with Gasteiger partial charge < -0.3 is 9.47 Å². The monoisotopic (exact) mass is 297 g/mol. The van der Waals surface area contributed by atoms with Crippen molar-refractivity contribution < 1.29 is 9.47 Å². The zero-order valence-electron chi connectivity index (χ0n) is 11.7. The third kappa shape index (κ3) is 2.29. The summed E-state index contributed by atoms with van der Waals surface area (Å²) in [5.74, 6) is 1.64. The summed E-state index contributed by atoms with van der Waals surface area (Å²) in [4.78, 5) is 6.14. The molecule has 2 aliphatic heterocycles. The quantitative estimate of drug-likeness (QED) is 0.780. The Hall–Kier alpha value is -1.94. The highest BCUT2D eigenvalue weighted by molar-refractivity contribution is 8.00. The van der Waals surface area contributed by atoms with Crippen molar-refractivity contribution in [1.82, 2.24) is 0 Å². The summed E-state index contributed by atoms with van der Waals surface area (Å²) in [6, 6.07) is 14.3. The molecule has 0 aliphatic carbocycles. The molecular formula is C17H15NO2S. The zero-order valence-corrected chi connectivity index (χ0v) is 12.5. The lowest BCUT2D eigenvalue weighted by Crippen LogP contribution is -2.08. The van der Waals surface area contributed by atoms with Crippen LogP contribution in [0.15, 0.2) is 52.4 Å². The van der Waals surface area contributed by atoms with Crippen LogP contribution in [0.4, 0.5) is 5.69 Å². The third-order valence-corrected chi connectivity index (χ3v) is 4.81. The standard InChI is InChI=1S/C17H15NO2S/c1-11-9-14(18-13-6-2-3-8-16(13)21-11)12-5-4-7-15-17(12)20-10-19-15/h2-8,11H,9-10H2,1H3/t11-/m1/s1. The molecule has 0 N–H and O–H groups in total. The third-order valence-electron chi connectivity index (χ3n) is 3.64. The molecule has 2 heterocycles. The topological polar surface area (TPSA) is 30.8 Å². The highest BCUT2D eigenvalue weighted by atomic mass is 32.2. The molecule has 4 rings (SSSR count). The molecule has 0 saturated heterocycles. The van der Waals surface area contributed by atoms with Gasteiger partial charge in [-0.1, -0.05) is 25.1 Å². The van der Waals surface area contributed by atoms with Gasteiger partial charge in [-0.2, -0.15) is 0 Å². The summed E-state index contributed by atoms with van der Waals surface area (Å²) in [5, 5.41) is 0.477. The van der Waals surface area contributed by atoms with Crippen LogP contribution in [0, 0.1) is 0 Å². The van der Waals surface area contributed by atoms with Crippen molar-refractivity contribution >= 4 is 23.2 Å². The molecule has 4 heteroatoms. The molecule has 0 spiro atoms. The molecule has 0 fully saturated rings. The number of hydrogen-bond donors (Lipinski definition) is 0. The summed E-state index contributed by atoms with van der Waals surface area (Å²) < 4.78 is 11.1. The number of nitrogens with zero attached hydrogens (tertiary/aromatic N) is 1. The van der Waals surface area contributed by atoms with E-state index in [1.807, 2.05) is 30.0 Å². The fourth-order valence-electron chi connectivity index (χ4n) is 2.70. The van der Waals surface area contributed by atoms with Crippen LogP contribution in [0.5, 0.6) is 11.5 Å². The second-order valence-electron chi connectivity index (χ2n) is 5.20. The van der Waals surface area contributed by atoms with Crippen molar-refractivity contribution in [2.45, 2.75) is 23.5 Å². The zero-order chi connectivity index (χ0) is 14.2. The number of ether oxygens (including phenoxy) is 2. The molecule has 0 amide bonds. The average Bonchev–Trinajstić information content (AvgIpc) is 2.90. The lowest BCUT2D eigenvalue weighted by Gasteiger charge is -2.11. The predicted molar refractivity (Wildman–Crippen MR) is 85.1 cm³/mol. The van der Waals surface area contributed by atoms with Gasteiger partial charge in [-0.05, 0) is 24.3 Å². The first-order valence-electron chi connectivity index (χ1n) is 7.03. The van der Waals surface area contributed by atoms with Crippen molar-refractivity contribution in [3.63, 3.8) is 0 Å². The summed E-state index contributed by atoms with van der Waals surface area (Å²) in [5.41, 5.74) is 3.16. The summed E-state index contributed by atoms with van der Waals surface area (Å²) in [6.07, 6.45) is 0.916. The largest absolute Gasteiger partial charge is 0.454 e. The van der Waals surface area contributed by atoms with E-state index in [4.69, 9.17) is 14.5 Å². The molecule has 3 nitrogen and oxygen atoms in total. The molecule has 2 aromatic carbocycles. The minimum Gasteiger partial charge on any atom is -0.454 e. The van der Waals surface area contributed by atoms with Crippen molar-refractivity contribution in [3.8, 4) is 11.5 Å². The fourth-order valence-corrected chi connectivity index (χ4v) is 3.76. The Morgan fingerprint density at radius 1 is 1.10 bits per heavy atom. The van der Waals surface area contributed by atoms with E-state index in [0.29, 0.717) is 12.0 Å². The SMILES string of the molecule is C[C@@H]1CC(c2cccc3c2OCO3)=Nc2ccccc2S1. The van der Waals surface area contributed by atoms with Gasteiger partial charge in [-0.3, -0.25) is 4.99 Å². The van der Waals surface area contributed by atoms with E-state index < -0.39 is 0 Å². The highest BCUT2D eigenvalue weighted by Crippen LogP contribution is 2.41. The molecule has 0 unspecified atom stereocenters. The second-order valence-corrected chi connectivity index (χ2v) is 6.68. The smallest absolute Gasteiger partial charge is 0.231 e. The van der Waals surface area contributed by atoms with E-state index in [2.05, 4.69) is 31.2 Å². The fraction of sp³-hybridized carbons (Fsp3) is 0.235. The summed E-state index contributed by atoms with van der Waals surface area (Å²) in [6.45, 7) is 2.53. The van der Waals surface area contributed by atoms with Crippen LogP contribution >= 0.6 is 11.8 Å². The molecule has 21 heavy (non-hydrogen) atoms. The van der Waals surface area contributed by atoms with Crippen LogP contribution in [0.25, 0.3) is 0 Å². The Bertz CT molecular complexity index is 726. The first kappa shape index (κ1) is 12.8. The molecule has 0 saturated carbocycles. The second kappa shape index (κ2) is 5.11. The lowest BCUT2D eigenvalue weighted by molar-refractivity contribution is 0.174. The van der Waals surface area contributed by atoms with Gasteiger partial charge in [0, 0.05) is 22.1 Å². The molecule has 1 atom stereocenters. The van der Waals surface area contributed by atoms with Crippen LogP contribution in [0.2, 0.25) is 0 Å². The van der Waals surface area contributed by atoms with E-state index in [9.17, 15) is 0 Å². The number of hydrogen-bond acceptors (Lipinski definition) is 4. The number of benzene rings is 2. The Morgan fingerprint density at radius 2 is 2.00 bits per heavy atom. The van der Waals surface area contributed by atoms with Crippen LogP contribution < -0.4 is 9.47 Å². The Labute approximate surface area is 128 Å². The molecule has 2 aromatic rings. The molecule has 0 bridgehead atoms. The first-order chi connectivity index (χ1) is 10.3. The van der Waals surface area contributed by atoms with Crippen LogP contribution in [0.3, 0.4) is 0 Å². The van der Waals surface area contributed by atoms with Crippen LogP contribution in [-0.2, 0) is 0 Å².